The van der Waals surface area contributed by atoms with Crippen molar-refractivity contribution in [2.75, 3.05) is 89.6 Å². The Morgan fingerprint density at radius 1 is 0.982 bits per heavy atom. The fourth-order valence-corrected chi connectivity index (χ4v) is 7.18. The molecule has 1 aliphatic rings. The summed E-state index contributed by atoms with van der Waals surface area (Å²) in [6.07, 6.45) is 0.697. The molecule has 0 saturated carbocycles. The zero-order valence-electron chi connectivity index (χ0n) is 30.8. The maximum atomic E-state index is 15.2. The van der Waals surface area contributed by atoms with E-state index in [4.69, 9.17) is 14.2 Å². The number of hydrogen-bond acceptors (Lipinski definition) is 14. The van der Waals surface area contributed by atoms with Crippen LogP contribution in [-0.2, 0) is 27.3 Å². The molecule has 1 fully saturated rings. The third-order valence-electron chi connectivity index (χ3n) is 8.62. The number of anilines is 1. The van der Waals surface area contributed by atoms with Gasteiger partial charge in [-0.05, 0) is 24.0 Å². The van der Waals surface area contributed by atoms with E-state index in [0.29, 0.717) is 42.5 Å². The lowest BCUT2D eigenvalue weighted by atomic mass is 10.1. The van der Waals surface area contributed by atoms with Crippen LogP contribution in [0.3, 0.4) is 0 Å². The third-order valence-corrected chi connectivity index (χ3v) is 11.0. The number of aromatic carboxylic acids is 1. The van der Waals surface area contributed by atoms with Crippen LogP contribution in [0.1, 0.15) is 23.1 Å². The molecule has 0 radical (unpaired) electrons. The number of imidazole rings is 1. The van der Waals surface area contributed by atoms with Crippen molar-refractivity contribution in [3.63, 3.8) is 0 Å². The van der Waals surface area contributed by atoms with Crippen molar-refractivity contribution in [2.45, 2.75) is 26.9 Å². The molecule has 3 amide bonds. The summed E-state index contributed by atoms with van der Waals surface area (Å²) in [4.78, 5) is 81.7. The van der Waals surface area contributed by atoms with Gasteiger partial charge in [0.15, 0.2) is 5.82 Å². The van der Waals surface area contributed by atoms with E-state index in [9.17, 15) is 39.2 Å². The maximum Gasteiger partial charge on any atom is 0.409 e. The molecule has 19 nitrogen and oxygen atoms in total. The van der Waals surface area contributed by atoms with Crippen LogP contribution in [0.2, 0.25) is 0 Å². The van der Waals surface area contributed by atoms with Crippen molar-refractivity contribution in [3.8, 4) is 0 Å². The lowest BCUT2D eigenvalue weighted by Gasteiger charge is -2.35. The molecule has 22 heteroatoms. The lowest BCUT2D eigenvalue weighted by molar-refractivity contribution is -0.392. The highest BCUT2D eigenvalue weighted by atomic mass is 33.1. The molecular formula is C33H43FN8O11S2. The van der Waals surface area contributed by atoms with Gasteiger partial charge in [0, 0.05) is 89.9 Å². The third kappa shape index (κ3) is 11.2. The molecule has 1 aliphatic heterocycles. The number of fused-ring (bicyclic) bond motifs is 1. The number of aryl methyl sites for hydroxylation is 2. The molecule has 4 rings (SSSR count). The Labute approximate surface area is 322 Å². The molecule has 300 valence electrons. The van der Waals surface area contributed by atoms with Crippen LogP contribution in [0.5, 0.6) is 0 Å². The summed E-state index contributed by atoms with van der Waals surface area (Å²) >= 11 is 0. The van der Waals surface area contributed by atoms with Crippen LogP contribution in [0.4, 0.5) is 30.3 Å². The average molecular weight is 811 g/mol. The van der Waals surface area contributed by atoms with Crippen molar-refractivity contribution in [2.24, 2.45) is 0 Å². The summed E-state index contributed by atoms with van der Waals surface area (Å²) < 4.78 is 34.0. The molecule has 0 unspecified atom stereocenters. The van der Waals surface area contributed by atoms with Gasteiger partial charge in [-0.1, -0.05) is 21.6 Å². The summed E-state index contributed by atoms with van der Waals surface area (Å²) in [7, 11) is 5.93. The van der Waals surface area contributed by atoms with Gasteiger partial charge in [0.2, 0.25) is 5.43 Å². The number of rotatable bonds is 17. The van der Waals surface area contributed by atoms with Crippen molar-refractivity contribution in [1.29, 1.82) is 0 Å². The second-order valence-corrected chi connectivity index (χ2v) is 14.9. The smallest absolute Gasteiger partial charge is 0.409 e. The van der Waals surface area contributed by atoms with Gasteiger partial charge in [-0.3, -0.25) is 4.79 Å². The number of carbonyl (C=O) groups is 4. The standard InChI is InChI=1S/C33H43FN8O11S2/c1-5-38-21-24(30(44)45)29(43)23-18-25(34)27(19-26(23)38)39-8-10-40(11-9-39)33(48)53-15-17-55-54-16-14-52-32(47)37(4)7-6-36(3)31(46)51-13-12-41-22(2)35-20-28(41)42(49)50/h18-21H,5-17H2,1-4H3,(H,44,45). The molecule has 1 N–H and O–H groups in total. The normalized spacial score (nSPS) is 12.7. The molecule has 1 saturated heterocycles. The molecule has 0 aliphatic carbocycles. The molecule has 0 atom stereocenters. The van der Waals surface area contributed by atoms with E-state index in [-0.39, 0.29) is 69.4 Å². The molecule has 3 aromatic rings. The number of amides is 3. The Balaban J connectivity index is 1.06. The van der Waals surface area contributed by atoms with Gasteiger partial charge in [0.05, 0.1) is 11.2 Å². The Morgan fingerprint density at radius 3 is 2.16 bits per heavy atom. The maximum absolute atomic E-state index is 15.2. The summed E-state index contributed by atoms with van der Waals surface area (Å²) in [5.41, 5.74) is -0.492. The minimum absolute atomic E-state index is 0.0121. The summed E-state index contributed by atoms with van der Waals surface area (Å²) in [6.45, 7) is 5.62. The number of carboxylic acid groups (broad SMARTS) is 1. The van der Waals surface area contributed by atoms with Gasteiger partial charge in [-0.25, -0.2) is 33.1 Å². The largest absolute Gasteiger partial charge is 0.477 e. The number of nitrogens with zero attached hydrogens (tertiary/aromatic N) is 8. The highest BCUT2D eigenvalue weighted by Gasteiger charge is 2.26. The van der Waals surface area contributed by atoms with Crippen molar-refractivity contribution in [3.05, 3.63) is 62.1 Å². The Hall–Kier alpha value is -5.25. The highest BCUT2D eigenvalue weighted by molar-refractivity contribution is 8.76. The number of benzene rings is 1. The molecular weight excluding hydrogens is 768 g/mol. The van der Waals surface area contributed by atoms with Crippen LogP contribution >= 0.6 is 21.6 Å². The minimum atomic E-state index is -1.38. The number of likely N-dealkylation sites (N-methyl/N-ethyl adjacent to an activating group) is 2. The Kier molecular flexibility index (Phi) is 15.4. The number of halogens is 1. The van der Waals surface area contributed by atoms with Crippen LogP contribution in [0, 0.1) is 22.9 Å². The SMILES string of the molecule is CCn1cc(C(=O)O)c(=O)c2cc(F)c(N3CCN(C(=O)OCCSSCCOC(=O)N(C)CCN(C)C(=O)OCCn4c([N+](=O)[O-])cnc4C)CC3)cc21. The summed E-state index contributed by atoms with van der Waals surface area (Å²) in [6, 6.07) is 2.61. The first-order valence-electron chi connectivity index (χ1n) is 17.2. The second-order valence-electron chi connectivity index (χ2n) is 12.2. The molecule has 3 heterocycles. The summed E-state index contributed by atoms with van der Waals surface area (Å²) in [5.74, 6) is -0.818. The topological polar surface area (TPSA) is 212 Å². The van der Waals surface area contributed by atoms with Crippen LogP contribution in [0.25, 0.3) is 10.9 Å². The van der Waals surface area contributed by atoms with Crippen molar-refractivity contribution in [1.82, 2.24) is 28.8 Å². The zero-order chi connectivity index (χ0) is 40.2. The van der Waals surface area contributed by atoms with E-state index in [1.165, 1.54) is 67.2 Å². The number of hydrogen-bond donors (Lipinski definition) is 1. The molecule has 2 aromatic heterocycles. The molecule has 1 aromatic carbocycles. The van der Waals surface area contributed by atoms with Crippen LogP contribution in [-0.4, -0.2) is 148 Å². The fraction of sp³-hybridized carbons (Fsp3) is 0.515. The summed E-state index contributed by atoms with van der Waals surface area (Å²) in [5, 5.41) is 20.5. The minimum Gasteiger partial charge on any atom is -0.477 e. The first kappa shape index (κ1) is 42.5. The second kappa shape index (κ2) is 19.9. The molecule has 0 bridgehead atoms. The quantitative estimate of drug-likeness (QED) is 0.0676. The van der Waals surface area contributed by atoms with E-state index < -0.39 is 46.0 Å². The average Bonchev–Trinajstić information content (AvgIpc) is 3.54. The van der Waals surface area contributed by atoms with Gasteiger partial charge in [-0.15, -0.1) is 0 Å². The molecule has 55 heavy (non-hydrogen) atoms. The van der Waals surface area contributed by atoms with E-state index in [1.54, 1.807) is 23.3 Å². The van der Waals surface area contributed by atoms with E-state index in [1.807, 2.05) is 0 Å². The number of nitro groups is 1. The van der Waals surface area contributed by atoms with Gasteiger partial charge >= 0.3 is 30.1 Å². The van der Waals surface area contributed by atoms with Crippen LogP contribution < -0.4 is 10.3 Å². The van der Waals surface area contributed by atoms with E-state index >= 15 is 4.39 Å². The van der Waals surface area contributed by atoms with Gasteiger partial charge in [0.25, 0.3) is 0 Å². The van der Waals surface area contributed by atoms with Gasteiger partial charge < -0.3 is 53.6 Å². The first-order valence-corrected chi connectivity index (χ1v) is 19.7. The van der Waals surface area contributed by atoms with Crippen molar-refractivity contribution < 1.29 is 47.8 Å². The highest BCUT2D eigenvalue weighted by Crippen LogP contribution is 2.27. The first-order chi connectivity index (χ1) is 26.2. The predicted molar refractivity (Wildman–Crippen MR) is 202 cm³/mol. The zero-order valence-corrected chi connectivity index (χ0v) is 32.4. The van der Waals surface area contributed by atoms with Gasteiger partial charge in [-0.2, -0.15) is 0 Å². The number of piperazine rings is 1. The Bertz CT molecular complexity index is 1940. The monoisotopic (exact) mass is 810 g/mol. The van der Waals surface area contributed by atoms with Gasteiger partial charge in [0.1, 0.15) is 43.9 Å². The Morgan fingerprint density at radius 2 is 1.58 bits per heavy atom. The van der Waals surface area contributed by atoms with E-state index in [0.717, 1.165) is 12.3 Å². The van der Waals surface area contributed by atoms with E-state index in [2.05, 4.69) is 4.98 Å². The number of carboxylic acids is 1. The number of pyridine rings is 1. The lowest BCUT2D eigenvalue weighted by Crippen LogP contribution is -2.49. The fourth-order valence-electron chi connectivity index (χ4n) is 5.53. The number of carbonyl (C=O) groups excluding carboxylic acids is 3. The van der Waals surface area contributed by atoms with Crippen molar-refractivity contribution >= 4 is 68.2 Å². The van der Waals surface area contributed by atoms with Crippen LogP contribution in [0.15, 0.2) is 29.3 Å². The molecule has 0 spiro atoms. The number of aromatic nitrogens is 3. The predicted octanol–water partition coefficient (Wildman–Crippen LogP) is 3.75. The number of ether oxygens (including phenoxy) is 3.